The van der Waals surface area contributed by atoms with E-state index >= 15 is 0 Å². The van der Waals surface area contributed by atoms with Crippen molar-refractivity contribution in [2.75, 3.05) is 24.7 Å². The van der Waals surface area contributed by atoms with Crippen molar-refractivity contribution in [2.24, 2.45) is 0 Å². The van der Waals surface area contributed by atoms with Crippen LogP contribution in [0.15, 0.2) is 18.2 Å². The predicted octanol–water partition coefficient (Wildman–Crippen LogP) is 3.38. The predicted molar refractivity (Wildman–Crippen MR) is 96.9 cm³/mol. The van der Waals surface area contributed by atoms with Gasteiger partial charge in [-0.15, -0.1) is 11.8 Å². The highest BCUT2D eigenvalue weighted by Gasteiger charge is 2.19. The molecule has 0 bridgehead atoms. The molecule has 1 aromatic rings. The summed E-state index contributed by atoms with van der Waals surface area (Å²) < 4.78 is 0. The highest BCUT2D eigenvalue weighted by atomic mass is 32.2. The topological polar surface area (TPSA) is 49.4 Å². The SMILES string of the molecule is Cc1cccc(C)c1NC(=O)CN(C)C(=O)CSC1CCCC1. The number of hydrogen-bond acceptors (Lipinski definition) is 3. The standard InChI is InChI=1S/C18H26N2O2S/c1-13-7-6-8-14(2)18(13)19-16(21)11-20(3)17(22)12-23-15-9-4-5-10-15/h6-8,15H,4-5,9-12H2,1-3H3,(H,19,21). The van der Waals surface area contributed by atoms with Gasteiger partial charge in [0.1, 0.15) is 0 Å². The molecule has 0 spiro atoms. The zero-order valence-corrected chi connectivity index (χ0v) is 15.0. The molecule has 2 rings (SSSR count). The van der Waals surface area contributed by atoms with Gasteiger partial charge in [-0.2, -0.15) is 0 Å². The summed E-state index contributed by atoms with van der Waals surface area (Å²) in [4.78, 5) is 25.8. The molecule has 126 valence electrons. The molecule has 0 heterocycles. The molecule has 1 saturated carbocycles. The van der Waals surface area contributed by atoms with Crippen LogP contribution in [0, 0.1) is 13.8 Å². The molecular formula is C18H26N2O2S. The maximum atomic E-state index is 12.2. The van der Waals surface area contributed by atoms with Crippen molar-refractivity contribution in [3.05, 3.63) is 29.3 Å². The van der Waals surface area contributed by atoms with Crippen LogP contribution in [-0.4, -0.2) is 41.3 Å². The first-order valence-electron chi connectivity index (χ1n) is 8.19. The molecule has 1 aromatic carbocycles. The van der Waals surface area contributed by atoms with Crippen molar-refractivity contribution in [3.8, 4) is 0 Å². The van der Waals surface area contributed by atoms with Crippen LogP contribution in [0.25, 0.3) is 0 Å². The van der Waals surface area contributed by atoms with Crippen LogP contribution in [0.5, 0.6) is 0 Å². The Kier molecular flexibility index (Phi) is 6.51. The van der Waals surface area contributed by atoms with Gasteiger partial charge in [-0.25, -0.2) is 0 Å². The first kappa shape index (κ1) is 17.9. The molecule has 1 N–H and O–H groups in total. The molecule has 0 atom stereocenters. The number of nitrogens with one attached hydrogen (secondary N) is 1. The van der Waals surface area contributed by atoms with E-state index < -0.39 is 0 Å². The fraction of sp³-hybridized carbons (Fsp3) is 0.556. The molecule has 5 heteroatoms. The number of amides is 2. The molecule has 1 fully saturated rings. The molecule has 1 aliphatic carbocycles. The van der Waals surface area contributed by atoms with E-state index in [0.29, 0.717) is 11.0 Å². The van der Waals surface area contributed by atoms with Gasteiger partial charge in [-0.3, -0.25) is 9.59 Å². The summed E-state index contributed by atoms with van der Waals surface area (Å²) in [6, 6.07) is 5.90. The maximum Gasteiger partial charge on any atom is 0.243 e. The fourth-order valence-corrected chi connectivity index (χ4v) is 4.11. The number of carbonyl (C=O) groups excluding carboxylic acids is 2. The van der Waals surface area contributed by atoms with E-state index in [1.807, 2.05) is 32.0 Å². The average Bonchev–Trinajstić information content (AvgIpc) is 3.02. The van der Waals surface area contributed by atoms with Crippen molar-refractivity contribution in [2.45, 2.75) is 44.8 Å². The molecule has 1 aliphatic rings. The van der Waals surface area contributed by atoms with E-state index in [2.05, 4.69) is 5.32 Å². The molecule has 2 amide bonds. The normalized spacial score (nSPS) is 14.7. The quantitative estimate of drug-likeness (QED) is 0.868. The van der Waals surface area contributed by atoms with Gasteiger partial charge in [0.15, 0.2) is 0 Å². The summed E-state index contributed by atoms with van der Waals surface area (Å²) in [5.74, 6) is 0.348. The number of nitrogens with zero attached hydrogens (tertiary/aromatic N) is 1. The van der Waals surface area contributed by atoms with Crippen LogP contribution in [-0.2, 0) is 9.59 Å². The second kappa shape index (κ2) is 8.39. The van der Waals surface area contributed by atoms with Gasteiger partial charge in [0, 0.05) is 18.0 Å². The van der Waals surface area contributed by atoms with Crippen LogP contribution in [0.1, 0.15) is 36.8 Å². The third-order valence-electron chi connectivity index (χ3n) is 4.30. The molecular weight excluding hydrogens is 308 g/mol. The van der Waals surface area contributed by atoms with E-state index in [4.69, 9.17) is 0 Å². The van der Waals surface area contributed by atoms with Crippen molar-refractivity contribution in [1.82, 2.24) is 4.90 Å². The lowest BCUT2D eigenvalue weighted by atomic mass is 10.1. The number of benzene rings is 1. The lowest BCUT2D eigenvalue weighted by Crippen LogP contribution is -2.36. The summed E-state index contributed by atoms with van der Waals surface area (Å²) in [6.07, 6.45) is 4.99. The van der Waals surface area contributed by atoms with E-state index in [1.165, 1.54) is 30.6 Å². The Bertz CT molecular complexity index is 548. The van der Waals surface area contributed by atoms with Gasteiger partial charge in [0.25, 0.3) is 0 Å². The van der Waals surface area contributed by atoms with Crippen LogP contribution in [0.2, 0.25) is 0 Å². The van der Waals surface area contributed by atoms with Crippen molar-refractivity contribution >= 4 is 29.3 Å². The van der Waals surface area contributed by atoms with Crippen LogP contribution in [0.4, 0.5) is 5.69 Å². The Balaban J connectivity index is 1.80. The first-order chi connectivity index (χ1) is 11.0. The molecule has 23 heavy (non-hydrogen) atoms. The van der Waals surface area contributed by atoms with Gasteiger partial charge in [-0.05, 0) is 37.8 Å². The molecule has 0 saturated heterocycles. The smallest absolute Gasteiger partial charge is 0.243 e. The number of anilines is 1. The van der Waals surface area contributed by atoms with Gasteiger partial charge in [-0.1, -0.05) is 31.0 Å². The Morgan fingerprint density at radius 2 is 1.83 bits per heavy atom. The zero-order valence-electron chi connectivity index (χ0n) is 14.2. The van der Waals surface area contributed by atoms with E-state index in [0.717, 1.165) is 16.8 Å². The number of rotatable bonds is 6. The van der Waals surface area contributed by atoms with E-state index in [1.54, 1.807) is 18.8 Å². The molecule has 0 aliphatic heterocycles. The summed E-state index contributed by atoms with van der Waals surface area (Å²) in [5, 5.41) is 3.54. The Morgan fingerprint density at radius 3 is 2.43 bits per heavy atom. The Labute approximate surface area is 143 Å². The summed E-state index contributed by atoms with van der Waals surface area (Å²) >= 11 is 1.73. The van der Waals surface area contributed by atoms with Gasteiger partial charge in [0.05, 0.1) is 12.3 Å². The first-order valence-corrected chi connectivity index (χ1v) is 9.24. The minimum Gasteiger partial charge on any atom is -0.336 e. The summed E-state index contributed by atoms with van der Waals surface area (Å²) in [5.41, 5.74) is 2.91. The lowest BCUT2D eigenvalue weighted by Gasteiger charge is -2.19. The second-order valence-electron chi connectivity index (χ2n) is 6.28. The van der Waals surface area contributed by atoms with Gasteiger partial charge >= 0.3 is 0 Å². The maximum absolute atomic E-state index is 12.2. The lowest BCUT2D eigenvalue weighted by molar-refractivity contribution is -0.131. The van der Waals surface area contributed by atoms with Crippen molar-refractivity contribution in [1.29, 1.82) is 0 Å². The summed E-state index contributed by atoms with van der Waals surface area (Å²) in [7, 11) is 1.70. The van der Waals surface area contributed by atoms with Gasteiger partial charge < -0.3 is 10.2 Å². The molecule has 0 aromatic heterocycles. The van der Waals surface area contributed by atoms with Crippen molar-refractivity contribution < 1.29 is 9.59 Å². The minimum absolute atomic E-state index is 0.0264. The largest absolute Gasteiger partial charge is 0.336 e. The van der Waals surface area contributed by atoms with E-state index in [9.17, 15) is 9.59 Å². The molecule has 4 nitrogen and oxygen atoms in total. The van der Waals surface area contributed by atoms with Crippen LogP contribution >= 0.6 is 11.8 Å². The number of likely N-dealkylation sites (N-methyl/N-ethyl adjacent to an activating group) is 1. The third kappa shape index (κ3) is 5.27. The second-order valence-corrected chi connectivity index (χ2v) is 7.57. The number of carbonyl (C=O) groups is 2. The fourth-order valence-electron chi connectivity index (χ4n) is 2.85. The Hall–Kier alpha value is -1.49. The van der Waals surface area contributed by atoms with Crippen molar-refractivity contribution in [3.63, 3.8) is 0 Å². The number of hydrogen-bond donors (Lipinski definition) is 1. The molecule has 0 unspecified atom stereocenters. The third-order valence-corrected chi connectivity index (χ3v) is 5.65. The summed E-state index contributed by atoms with van der Waals surface area (Å²) in [6.45, 7) is 4.03. The monoisotopic (exact) mass is 334 g/mol. The number of aryl methyl sites for hydroxylation is 2. The number of thioether (sulfide) groups is 1. The van der Waals surface area contributed by atoms with E-state index in [-0.39, 0.29) is 18.4 Å². The van der Waals surface area contributed by atoms with Crippen LogP contribution in [0.3, 0.4) is 0 Å². The highest BCUT2D eigenvalue weighted by Crippen LogP contribution is 2.29. The average molecular weight is 334 g/mol. The minimum atomic E-state index is -0.149. The van der Waals surface area contributed by atoms with Gasteiger partial charge in [0.2, 0.25) is 11.8 Å². The van der Waals surface area contributed by atoms with Crippen LogP contribution < -0.4 is 5.32 Å². The molecule has 0 radical (unpaired) electrons. The number of para-hydroxylation sites is 1. The zero-order chi connectivity index (χ0) is 16.8. The highest BCUT2D eigenvalue weighted by molar-refractivity contribution is 8.00. The Morgan fingerprint density at radius 1 is 1.22 bits per heavy atom.